The molecule has 0 aromatic heterocycles. The highest BCUT2D eigenvalue weighted by molar-refractivity contribution is 5.80. The first-order valence-corrected chi connectivity index (χ1v) is 9.82. The fraction of sp³-hybridized carbons (Fsp3) is 0.650. The summed E-state index contributed by atoms with van der Waals surface area (Å²) in [6.07, 6.45) is 0.286. The predicted octanol–water partition coefficient (Wildman–Crippen LogP) is 3.05. The minimum Gasteiger partial charge on any atom is -0.493 e. The molecule has 0 unspecified atom stereocenters. The highest BCUT2D eigenvalue weighted by Crippen LogP contribution is 2.16. The van der Waals surface area contributed by atoms with Crippen LogP contribution in [0.4, 0.5) is 8.78 Å². The van der Waals surface area contributed by atoms with Gasteiger partial charge in [-0.1, -0.05) is 18.2 Å². The largest absolute Gasteiger partial charge is 0.493 e. The second-order valence-corrected chi connectivity index (χ2v) is 6.84. The van der Waals surface area contributed by atoms with Gasteiger partial charge in [0.2, 0.25) is 0 Å². The number of hydrogen-bond donors (Lipinski definition) is 2. The van der Waals surface area contributed by atoms with Crippen LogP contribution in [0.5, 0.6) is 5.75 Å². The number of aryl methyl sites for hydroxylation is 1. The number of aliphatic imine (C=N–C) groups is 1. The molecule has 0 spiro atoms. The topological polar surface area (TPSA) is 48.9 Å². The molecule has 1 saturated heterocycles. The Balaban J connectivity index is 1.70. The summed E-state index contributed by atoms with van der Waals surface area (Å²) in [5.74, 6) is 1.71. The van der Waals surface area contributed by atoms with Gasteiger partial charge >= 0.3 is 0 Å². The van der Waals surface area contributed by atoms with Gasteiger partial charge in [0, 0.05) is 38.6 Å². The Morgan fingerprint density at radius 1 is 1.30 bits per heavy atom. The molecule has 0 amide bonds. The first kappa shape index (κ1) is 21.4. The van der Waals surface area contributed by atoms with Gasteiger partial charge in [-0.3, -0.25) is 9.89 Å². The molecule has 1 aliphatic rings. The molecule has 1 heterocycles. The highest BCUT2D eigenvalue weighted by Gasteiger charge is 2.21. The number of likely N-dealkylation sites (tertiary alicyclic amines) is 1. The summed E-state index contributed by atoms with van der Waals surface area (Å²) in [4.78, 5) is 6.44. The third-order valence-corrected chi connectivity index (χ3v) is 4.59. The van der Waals surface area contributed by atoms with E-state index < -0.39 is 6.43 Å². The first-order chi connectivity index (χ1) is 13.1. The van der Waals surface area contributed by atoms with E-state index in [0.29, 0.717) is 26.2 Å². The molecule has 1 aromatic rings. The zero-order valence-corrected chi connectivity index (χ0v) is 16.4. The van der Waals surface area contributed by atoms with Crippen LogP contribution in [0.15, 0.2) is 29.3 Å². The summed E-state index contributed by atoms with van der Waals surface area (Å²) < 4.78 is 30.7. The molecule has 5 nitrogen and oxygen atoms in total. The zero-order chi connectivity index (χ0) is 19.5. The molecule has 1 aliphatic heterocycles. The van der Waals surface area contributed by atoms with E-state index in [1.165, 1.54) is 0 Å². The van der Waals surface area contributed by atoms with E-state index in [1.54, 1.807) is 0 Å². The van der Waals surface area contributed by atoms with Gasteiger partial charge in [-0.15, -0.1) is 0 Å². The molecule has 2 N–H and O–H groups in total. The highest BCUT2D eigenvalue weighted by atomic mass is 19.3. The van der Waals surface area contributed by atoms with Crippen LogP contribution in [0, 0.1) is 6.92 Å². The Kier molecular flexibility index (Phi) is 9.31. The van der Waals surface area contributed by atoms with Crippen molar-refractivity contribution in [2.24, 2.45) is 4.99 Å². The lowest BCUT2D eigenvalue weighted by molar-refractivity contribution is 0.0744. The number of rotatable bonds is 9. The molecule has 0 radical (unpaired) electrons. The van der Waals surface area contributed by atoms with Crippen LogP contribution in [0.25, 0.3) is 0 Å². The van der Waals surface area contributed by atoms with E-state index >= 15 is 0 Å². The lowest BCUT2D eigenvalue weighted by Crippen LogP contribution is -2.49. The Labute approximate surface area is 161 Å². The van der Waals surface area contributed by atoms with E-state index in [-0.39, 0.29) is 12.6 Å². The summed E-state index contributed by atoms with van der Waals surface area (Å²) in [5, 5.41) is 6.69. The van der Waals surface area contributed by atoms with Crippen molar-refractivity contribution in [1.29, 1.82) is 0 Å². The molecule has 1 aromatic carbocycles. The van der Waals surface area contributed by atoms with Crippen molar-refractivity contribution in [3.63, 3.8) is 0 Å². The average Bonchev–Trinajstić information content (AvgIpc) is 2.64. The number of nitrogens with zero attached hydrogens (tertiary/aromatic N) is 2. The van der Waals surface area contributed by atoms with Crippen LogP contribution in [0.2, 0.25) is 0 Å². The number of hydrogen-bond acceptors (Lipinski definition) is 3. The number of benzene rings is 1. The van der Waals surface area contributed by atoms with Gasteiger partial charge in [-0.25, -0.2) is 8.78 Å². The normalized spacial score (nSPS) is 16.6. The van der Waals surface area contributed by atoms with Gasteiger partial charge in [0.1, 0.15) is 5.75 Å². The molecule has 27 heavy (non-hydrogen) atoms. The van der Waals surface area contributed by atoms with E-state index in [9.17, 15) is 8.78 Å². The number of piperidine rings is 1. The Morgan fingerprint density at radius 3 is 2.70 bits per heavy atom. The number of para-hydroxylation sites is 1. The van der Waals surface area contributed by atoms with E-state index in [2.05, 4.69) is 15.6 Å². The lowest BCUT2D eigenvalue weighted by Gasteiger charge is -2.32. The smallest absolute Gasteiger partial charge is 0.251 e. The third-order valence-electron chi connectivity index (χ3n) is 4.59. The Bertz CT molecular complexity index is 575. The van der Waals surface area contributed by atoms with Crippen molar-refractivity contribution in [2.75, 3.05) is 39.3 Å². The number of guanidine groups is 1. The van der Waals surface area contributed by atoms with Crippen LogP contribution in [-0.2, 0) is 0 Å². The summed E-state index contributed by atoms with van der Waals surface area (Å²) in [7, 11) is 0. The second-order valence-electron chi connectivity index (χ2n) is 6.84. The van der Waals surface area contributed by atoms with Crippen LogP contribution >= 0.6 is 0 Å². The maximum absolute atomic E-state index is 12.5. The quantitative estimate of drug-likeness (QED) is 0.392. The fourth-order valence-electron chi connectivity index (χ4n) is 3.12. The maximum Gasteiger partial charge on any atom is 0.251 e. The Morgan fingerprint density at radius 2 is 2.04 bits per heavy atom. The SMILES string of the molecule is CCNC(=NCCCOc1ccccc1C)NC1CCN(CC(F)F)CC1. The summed E-state index contributed by atoms with van der Waals surface area (Å²) in [6.45, 7) is 7.43. The molecule has 0 saturated carbocycles. The van der Waals surface area contributed by atoms with Crippen molar-refractivity contribution in [3.8, 4) is 5.75 Å². The molecular weight excluding hydrogens is 350 g/mol. The zero-order valence-electron chi connectivity index (χ0n) is 16.4. The van der Waals surface area contributed by atoms with Gasteiger partial charge < -0.3 is 15.4 Å². The molecule has 0 bridgehead atoms. The molecule has 152 valence electrons. The fourth-order valence-corrected chi connectivity index (χ4v) is 3.12. The molecule has 0 aliphatic carbocycles. The molecule has 0 atom stereocenters. The van der Waals surface area contributed by atoms with Crippen molar-refractivity contribution < 1.29 is 13.5 Å². The minimum absolute atomic E-state index is 0.123. The molecule has 2 rings (SSSR count). The second kappa shape index (κ2) is 11.7. The van der Waals surface area contributed by atoms with Gasteiger partial charge in [0.25, 0.3) is 6.43 Å². The van der Waals surface area contributed by atoms with Crippen molar-refractivity contribution >= 4 is 5.96 Å². The average molecular weight is 382 g/mol. The maximum atomic E-state index is 12.5. The van der Waals surface area contributed by atoms with Crippen LogP contribution in [0.1, 0.15) is 31.7 Å². The number of halogens is 2. The summed E-state index contributed by atoms with van der Waals surface area (Å²) in [5.41, 5.74) is 1.13. The molecular formula is C20H32F2N4O. The van der Waals surface area contributed by atoms with Crippen LogP contribution in [-0.4, -0.2) is 62.7 Å². The van der Waals surface area contributed by atoms with Gasteiger partial charge in [0.05, 0.1) is 13.2 Å². The number of nitrogens with one attached hydrogen (secondary N) is 2. The summed E-state index contributed by atoms with van der Waals surface area (Å²) >= 11 is 0. The first-order valence-electron chi connectivity index (χ1n) is 9.82. The molecule has 7 heteroatoms. The lowest BCUT2D eigenvalue weighted by atomic mass is 10.1. The van der Waals surface area contributed by atoms with Crippen LogP contribution in [0.3, 0.4) is 0 Å². The molecule has 1 fully saturated rings. The van der Waals surface area contributed by atoms with Crippen LogP contribution < -0.4 is 15.4 Å². The number of alkyl halides is 2. The van der Waals surface area contributed by atoms with Gasteiger partial charge in [-0.2, -0.15) is 0 Å². The van der Waals surface area contributed by atoms with Crippen molar-refractivity contribution in [2.45, 2.75) is 45.6 Å². The standard InChI is InChI=1S/C20H32F2N4O/c1-3-23-20(25-17-9-12-26(13-10-17)15-19(21)22)24-11-6-14-27-18-8-5-4-7-16(18)2/h4-5,7-8,17,19H,3,6,9-15H2,1-2H3,(H2,23,24,25). The number of ether oxygens (including phenoxy) is 1. The van der Waals surface area contributed by atoms with Gasteiger partial charge in [-0.05, 0) is 38.3 Å². The third kappa shape index (κ3) is 8.12. The van der Waals surface area contributed by atoms with E-state index in [1.807, 2.05) is 43.0 Å². The van der Waals surface area contributed by atoms with Gasteiger partial charge in [0.15, 0.2) is 5.96 Å². The minimum atomic E-state index is -2.25. The van der Waals surface area contributed by atoms with Crippen molar-refractivity contribution in [3.05, 3.63) is 29.8 Å². The summed E-state index contributed by atoms with van der Waals surface area (Å²) in [6, 6.07) is 8.26. The monoisotopic (exact) mass is 382 g/mol. The van der Waals surface area contributed by atoms with Crippen molar-refractivity contribution in [1.82, 2.24) is 15.5 Å². The Hall–Kier alpha value is -1.89. The predicted molar refractivity (Wildman–Crippen MR) is 106 cm³/mol. The van der Waals surface area contributed by atoms with E-state index in [0.717, 1.165) is 43.1 Å². The van der Waals surface area contributed by atoms with E-state index in [4.69, 9.17) is 4.74 Å².